The van der Waals surface area contributed by atoms with E-state index < -0.39 is 27.6 Å². The van der Waals surface area contributed by atoms with Gasteiger partial charge in [0, 0.05) is 0 Å². The summed E-state index contributed by atoms with van der Waals surface area (Å²) in [6, 6.07) is 6.46. The molecular formula is C14H12FNO5S. The zero-order chi connectivity index (χ0) is 16.5. The van der Waals surface area contributed by atoms with Crippen LogP contribution >= 0.6 is 0 Å². The molecule has 0 spiro atoms. The highest BCUT2D eigenvalue weighted by Gasteiger charge is 2.18. The van der Waals surface area contributed by atoms with E-state index in [9.17, 15) is 22.7 Å². The number of hydrogen-bond donors (Lipinski definition) is 3. The smallest absolute Gasteiger partial charge is 0.335 e. The second-order valence-electron chi connectivity index (χ2n) is 4.61. The molecule has 6 nitrogen and oxygen atoms in total. The number of carboxylic acid groups (broad SMARTS) is 1. The molecule has 0 aromatic heterocycles. The van der Waals surface area contributed by atoms with Crippen LogP contribution in [0, 0.1) is 12.7 Å². The van der Waals surface area contributed by atoms with Crippen molar-refractivity contribution in [3.63, 3.8) is 0 Å². The molecule has 2 rings (SSSR count). The second-order valence-corrected chi connectivity index (χ2v) is 6.29. The van der Waals surface area contributed by atoms with E-state index in [4.69, 9.17) is 5.11 Å². The summed E-state index contributed by atoms with van der Waals surface area (Å²) in [5.74, 6) is -2.51. The van der Waals surface area contributed by atoms with Crippen LogP contribution in [0.15, 0.2) is 41.3 Å². The van der Waals surface area contributed by atoms with Crippen molar-refractivity contribution in [3.05, 3.63) is 53.3 Å². The van der Waals surface area contributed by atoms with E-state index >= 15 is 0 Å². The lowest BCUT2D eigenvalue weighted by molar-refractivity contribution is 0.0696. The Kier molecular flexibility index (Phi) is 4.05. The normalized spacial score (nSPS) is 11.2. The van der Waals surface area contributed by atoms with Crippen LogP contribution in [0.1, 0.15) is 15.9 Å². The molecule has 8 heteroatoms. The van der Waals surface area contributed by atoms with Crippen LogP contribution in [0.2, 0.25) is 0 Å². The molecule has 0 atom stereocenters. The van der Waals surface area contributed by atoms with E-state index in [-0.39, 0.29) is 16.1 Å². The van der Waals surface area contributed by atoms with Crippen molar-refractivity contribution in [1.82, 2.24) is 0 Å². The van der Waals surface area contributed by atoms with Gasteiger partial charge in [0.25, 0.3) is 10.0 Å². The molecule has 0 heterocycles. The van der Waals surface area contributed by atoms with E-state index in [1.807, 2.05) is 0 Å². The first-order chi connectivity index (χ1) is 10.2. The molecule has 2 aromatic rings. The SMILES string of the molecule is Cc1cc(F)cc(S(=O)(=O)Nc2ccc(C(=O)O)cc2O)c1. The fourth-order valence-corrected chi connectivity index (χ4v) is 3.00. The Morgan fingerprint density at radius 1 is 1.18 bits per heavy atom. The summed E-state index contributed by atoms with van der Waals surface area (Å²) in [6.07, 6.45) is 0. The fraction of sp³-hybridized carbons (Fsp3) is 0.0714. The van der Waals surface area contributed by atoms with Gasteiger partial charge >= 0.3 is 5.97 Å². The van der Waals surface area contributed by atoms with E-state index in [0.29, 0.717) is 5.56 Å². The monoisotopic (exact) mass is 325 g/mol. The number of phenolic OH excluding ortho intramolecular Hbond substituents is 1. The van der Waals surface area contributed by atoms with Crippen molar-refractivity contribution in [2.45, 2.75) is 11.8 Å². The largest absolute Gasteiger partial charge is 0.506 e. The molecule has 0 aliphatic rings. The quantitative estimate of drug-likeness (QED) is 0.749. The van der Waals surface area contributed by atoms with Crippen LogP contribution in [0.5, 0.6) is 5.75 Å². The van der Waals surface area contributed by atoms with Gasteiger partial charge in [0.05, 0.1) is 16.1 Å². The minimum absolute atomic E-state index is 0.193. The Labute approximate surface area is 125 Å². The Morgan fingerprint density at radius 2 is 1.86 bits per heavy atom. The zero-order valence-electron chi connectivity index (χ0n) is 11.4. The molecule has 0 amide bonds. The van der Waals surface area contributed by atoms with Crippen molar-refractivity contribution in [2.75, 3.05) is 4.72 Å². The first kappa shape index (κ1) is 15.8. The van der Waals surface area contributed by atoms with Gasteiger partial charge in [-0.2, -0.15) is 0 Å². The molecule has 0 saturated heterocycles. The number of aromatic hydroxyl groups is 1. The summed E-state index contributed by atoms with van der Waals surface area (Å²) in [5.41, 5.74) is 0.0276. The van der Waals surface area contributed by atoms with Crippen LogP contribution < -0.4 is 4.72 Å². The van der Waals surface area contributed by atoms with E-state index in [1.165, 1.54) is 12.1 Å². The maximum atomic E-state index is 13.3. The Balaban J connectivity index is 2.38. The van der Waals surface area contributed by atoms with Crippen LogP contribution in [0.3, 0.4) is 0 Å². The van der Waals surface area contributed by atoms with Crippen LogP contribution in [0.25, 0.3) is 0 Å². The molecule has 0 fully saturated rings. The van der Waals surface area contributed by atoms with Gasteiger partial charge < -0.3 is 10.2 Å². The summed E-state index contributed by atoms with van der Waals surface area (Å²) in [6.45, 7) is 1.54. The lowest BCUT2D eigenvalue weighted by Gasteiger charge is -2.11. The maximum Gasteiger partial charge on any atom is 0.335 e. The van der Waals surface area contributed by atoms with Crippen molar-refractivity contribution in [3.8, 4) is 5.75 Å². The molecule has 22 heavy (non-hydrogen) atoms. The Bertz CT molecular complexity index is 828. The standard InChI is InChI=1S/C14H12FNO5S/c1-8-4-10(15)7-11(5-8)22(20,21)16-12-3-2-9(14(18)19)6-13(12)17/h2-7,16-17H,1H3,(H,18,19). The fourth-order valence-electron chi connectivity index (χ4n) is 1.81. The summed E-state index contributed by atoms with van der Waals surface area (Å²) in [4.78, 5) is 10.5. The van der Waals surface area contributed by atoms with E-state index in [1.54, 1.807) is 6.92 Å². The topological polar surface area (TPSA) is 104 Å². The van der Waals surface area contributed by atoms with Crippen molar-refractivity contribution < 1.29 is 27.8 Å². The number of halogens is 1. The van der Waals surface area contributed by atoms with Gasteiger partial charge in [-0.3, -0.25) is 4.72 Å². The number of carboxylic acids is 1. The predicted molar refractivity (Wildman–Crippen MR) is 77.0 cm³/mol. The number of benzene rings is 2. The highest BCUT2D eigenvalue weighted by Crippen LogP contribution is 2.27. The molecule has 3 N–H and O–H groups in total. The number of aryl methyl sites for hydroxylation is 1. The highest BCUT2D eigenvalue weighted by molar-refractivity contribution is 7.92. The number of rotatable bonds is 4. The minimum atomic E-state index is -4.11. The number of phenols is 1. The van der Waals surface area contributed by atoms with E-state index in [0.717, 1.165) is 24.3 Å². The van der Waals surface area contributed by atoms with Gasteiger partial charge in [0.2, 0.25) is 0 Å². The third kappa shape index (κ3) is 3.34. The van der Waals surface area contributed by atoms with Gasteiger partial charge in [-0.1, -0.05) is 0 Å². The molecule has 2 aromatic carbocycles. The molecule has 0 radical (unpaired) electrons. The number of aromatic carboxylic acids is 1. The van der Waals surface area contributed by atoms with Gasteiger partial charge in [-0.15, -0.1) is 0 Å². The number of hydrogen-bond acceptors (Lipinski definition) is 4. The molecule has 0 bridgehead atoms. The average Bonchev–Trinajstić information content (AvgIpc) is 2.39. The summed E-state index contributed by atoms with van der Waals surface area (Å²) in [7, 11) is -4.11. The Hall–Kier alpha value is -2.61. The number of nitrogens with one attached hydrogen (secondary N) is 1. The van der Waals surface area contributed by atoms with Gasteiger partial charge in [0.15, 0.2) is 0 Å². The molecule has 0 saturated carbocycles. The van der Waals surface area contributed by atoms with Crippen LogP contribution in [-0.4, -0.2) is 24.6 Å². The number of anilines is 1. The van der Waals surface area contributed by atoms with Crippen molar-refractivity contribution >= 4 is 21.7 Å². The van der Waals surface area contributed by atoms with E-state index in [2.05, 4.69) is 4.72 Å². The average molecular weight is 325 g/mol. The lowest BCUT2D eigenvalue weighted by atomic mass is 10.2. The van der Waals surface area contributed by atoms with Crippen LogP contribution in [-0.2, 0) is 10.0 Å². The Morgan fingerprint density at radius 3 is 2.41 bits per heavy atom. The highest BCUT2D eigenvalue weighted by atomic mass is 32.2. The first-order valence-electron chi connectivity index (χ1n) is 6.05. The van der Waals surface area contributed by atoms with Crippen LogP contribution in [0.4, 0.5) is 10.1 Å². The second kappa shape index (κ2) is 5.64. The van der Waals surface area contributed by atoms with Gasteiger partial charge in [-0.05, 0) is 48.9 Å². The lowest BCUT2D eigenvalue weighted by Crippen LogP contribution is -2.13. The van der Waals surface area contributed by atoms with Gasteiger partial charge in [0.1, 0.15) is 11.6 Å². The number of carbonyl (C=O) groups is 1. The summed E-state index contributed by atoms with van der Waals surface area (Å²) < 4.78 is 39.7. The third-order valence-electron chi connectivity index (χ3n) is 2.81. The first-order valence-corrected chi connectivity index (χ1v) is 7.54. The zero-order valence-corrected chi connectivity index (χ0v) is 12.2. The molecule has 0 aliphatic heterocycles. The molecule has 0 aliphatic carbocycles. The maximum absolute atomic E-state index is 13.3. The molecular weight excluding hydrogens is 313 g/mol. The molecule has 0 unspecified atom stereocenters. The minimum Gasteiger partial charge on any atom is -0.506 e. The number of sulfonamides is 1. The third-order valence-corrected chi connectivity index (χ3v) is 4.16. The predicted octanol–water partition coefficient (Wildman–Crippen LogP) is 2.34. The van der Waals surface area contributed by atoms with Crippen molar-refractivity contribution in [1.29, 1.82) is 0 Å². The summed E-state index contributed by atoms with van der Waals surface area (Å²) in [5, 5.41) is 18.5. The molecule has 116 valence electrons. The van der Waals surface area contributed by atoms with Gasteiger partial charge in [-0.25, -0.2) is 17.6 Å². The van der Waals surface area contributed by atoms with Crippen molar-refractivity contribution in [2.24, 2.45) is 0 Å². The summed E-state index contributed by atoms with van der Waals surface area (Å²) >= 11 is 0.